The standard InChI is InChI=1S/C19H25N7O2/c20-17(21)25-19(27)24-11-15-3-1-2-14(10-15)4-5-16-12-22-18(23-13-16)26-6-8-28-9-7-26/h1-3,10,12-13H,4-9,11H2,(H5,20,21,24,25,27). The van der Waals surface area contributed by atoms with E-state index in [0.717, 1.165) is 43.0 Å². The van der Waals surface area contributed by atoms with Gasteiger partial charge in [-0.05, 0) is 29.5 Å². The molecule has 9 heteroatoms. The number of aromatic nitrogens is 2. The molecule has 0 saturated carbocycles. The molecule has 28 heavy (non-hydrogen) atoms. The third kappa shape index (κ3) is 5.92. The second-order valence-electron chi connectivity index (χ2n) is 6.51. The first-order valence-corrected chi connectivity index (χ1v) is 9.19. The number of aryl methyl sites for hydroxylation is 2. The molecule has 2 amide bonds. The molecule has 0 spiro atoms. The number of hydrogen-bond donors (Lipinski definition) is 3. The van der Waals surface area contributed by atoms with Crippen LogP contribution in [0.15, 0.2) is 41.7 Å². The molecule has 1 aliphatic heterocycles. The minimum atomic E-state index is -0.553. The zero-order chi connectivity index (χ0) is 19.8. The highest BCUT2D eigenvalue weighted by Crippen LogP contribution is 2.12. The predicted octanol–water partition coefficient (Wildman–Crippen LogP) is 0.581. The zero-order valence-corrected chi connectivity index (χ0v) is 15.7. The van der Waals surface area contributed by atoms with Crippen molar-refractivity contribution in [1.82, 2.24) is 15.3 Å². The molecule has 2 aromatic rings. The van der Waals surface area contributed by atoms with Gasteiger partial charge in [0.05, 0.1) is 13.2 Å². The SMILES string of the molecule is NC(N)=NC(=O)NCc1cccc(CCc2cnc(N3CCOCC3)nc2)c1. The van der Waals surface area contributed by atoms with Gasteiger partial charge in [-0.3, -0.25) is 0 Å². The number of carbonyl (C=O) groups is 1. The summed E-state index contributed by atoms with van der Waals surface area (Å²) >= 11 is 0. The highest BCUT2D eigenvalue weighted by atomic mass is 16.5. The maximum absolute atomic E-state index is 11.5. The van der Waals surface area contributed by atoms with Crippen molar-refractivity contribution in [2.24, 2.45) is 16.5 Å². The molecule has 0 atom stereocenters. The Bertz CT molecular complexity index is 813. The number of nitrogens with one attached hydrogen (secondary N) is 1. The van der Waals surface area contributed by atoms with Crippen molar-refractivity contribution in [2.75, 3.05) is 31.2 Å². The van der Waals surface area contributed by atoms with Crippen LogP contribution in [0.3, 0.4) is 0 Å². The van der Waals surface area contributed by atoms with Crippen molar-refractivity contribution in [3.63, 3.8) is 0 Å². The second-order valence-corrected chi connectivity index (χ2v) is 6.51. The van der Waals surface area contributed by atoms with Crippen LogP contribution < -0.4 is 21.7 Å². The number of urea groups is 1. The Hall–Kier alpha value is -3.20. The molecule has 0 aliphatic carbocycles. The van der Waals surface area contributed by atoms with E-state index in [4.69, 9.17) is 16.2 Å². The number of rotatable bonds is 6. The molecule has 1 fully saturated rings. The van der Waals surface area contributed by atoms with Crippen molar-refractivity contribution < 1.29 is 9.53 Å². The summed E-state index contributed by atoms with van der Waals surface area (Å²) in [4.78, 5) is 26.0. The lowest BCUT2D eigenvalue weighted by molar-refractivity contribution is 0.122. The Kier molecular flexibility index (Phi) is 6.74. The average Bonchev–Trinajstić information content (AvgIpc) is 2.72. The monoisotopic (exact) mass is 383 g/mol. The van der Waals surface area contributed by atoms with Crippen LogP contribution in [0.2, 0.25) is 0 Å². The molecule has 148 valence electrons. The third-order valence-corrected chi connectivity index (χ3v) is 4.35. The van der Waals surface area contributed by atoms with Gasteiger partial charge in [0.15, 0.2) is 5.96 Å². The Morgan fingerprint density at radius 2 is 1.79 bits per heavy atom. The van der Waals surface area contributed by atoms with Gasteiger partial charge in [0.2, 0.25) is 5.95 Å². The van der Waals surface area contributed by atoms with Crippen LogP contribution in [0.25, 0.3) is 0 Å². The highest BCUT2D eigenvalue weighted by molar-refractivity contribution is 5.90. The van der Waals surface area contributed by atoms with Gasteiger partial charge in [-0.15, -0.1) is 0 Å². The largest absolute Gasteiger partial charge is 0.378 e. The van der Waals surface area contributed by atoms with Gasteiger partial charge >= 0.3 is 6.03 Å². The Morgan fingerprint density at radius 1 is 1.11 bits per heavy atom. The first kappa shape index (κ1) is 19.6. The lowest BCUT2D eigenvalue weighted by atomic mass is 10.0. The number of guanidine groups is 1. The van der Waals surface area contributed by atoms with Gasteiger partial charge in [0.1, 0.15) is 0 Å². The molecule has 1 aliphatic rings. The molecule has 0 bridgehead atoms. The number of morpholine rings is 1. The number of nitrogens with zero attached hydrogens (tertiary/aromatic N) is 4. The Balaban J connectivity index is 1.51. The summed E-state index contributed by atoms with van der Waals surface area (Å²) in [6.07, 6.45) is 5.47. The number of amides is 2. The van der Waals surface area contributed by atoms with Crippen LogP contribution in [-0.4, -0.2) is 48.3 Å². The second kappa shape index (κ2) is 9.65. The molecular formula is C19H25N7O2. The van der Waals surface area contributed by atoms with Crippen molar-refractivity contribution in [3.8, 4) is 0 Å². The van der Waals surface area contributed by atoms with Gasteiger partial charge in [0, 0.05) is 32.0 Å². The van der Waals surface area contributed by atoms with Crippen LogP contribution in [0.5, 0.6) is 0 Å². The first-order chi connectivity index (χ1) is 13.6. The summed E-state index contributed by atoms with van der Waals surface area (Å²) in [7, 11) is 0. The summed E-state index contributed by atoms with van der Waals surface area (Å²) in [6, 6.07) is 7.47. The highest BCUT2D eigenvalue weighted by Gasteiger charge is 2.13. The lowest BCUT2D eigenvalue weighted by Crippen LogP contribution is -2.37. The zero-order valence-electron chi connectivity index (χ0n) is 15.7. The fourth-order valence-corrected chi connectivity index (χ4v) is 2.92. The van der Waals surface area contributed by atoms with Crippen LogP contribution in [0.1, 0.15) is 16.7 Å². The van der Waals surface area contributed by atoms with Crippen LogP contribution in [0.4, 0.5) is 10.7 Å². The number of nitrogens with two attached hydrogens (primary N) is 2. The number of carbonyl (C=O) groups excluding carboxylic acids is 1. The summed E-state index contributed by atoms with van der Waals surface area (Å²) < 4.78 is 5.35. The van der Waals surface area contributed by atoms with E-state index in [1.54, 1.807) is 0 Å². The van der Waals surface area contributed by atoms with E-state index < -0.39 is 6.03 Å². The number of benzene rings is 1. The molecule has 5 N–H and O–H groups in total. The van der Waals surface area contributed by atoms with Gasteiger partial charge in [-0.25, -0.2) is 14.8 Å². The van der Waals surface area contributed by atoms with Gasteiger partial charge in [0.25, 0.3) is 0 Å². The summed E-state index contributed by atoms with van der Waals surface area (Å²) in [5.74, 6) is 0.499. The molecule has 1 saturated heterocycles. The van der Waals surface area contributed by atoms with E-state index in [9.17, 15) is 4.79 Å². The van der Waals surface area contributed by atoms with E-state index in [-0.39, 0.29) is 5.96 Å². The van der Waals surface area contributed by atoms with E-state index in [1.165, 1.54) is 5.56 Å². The normalized spacial score (nSPS) is 13.8. The number of anilines is 1. The number of ether oxygens (including phenoxy) is 1. The topological polar surface area (TPSA) is 132 Å². The van der Waals surface area contributed by atoms with Crippen molar-refractivity contribution >= 4 is 17.9 Å². The van der Waals surface area contributed by atoms with Crippen LogP contribution in [-0.2, 0) is 24.1 Å². The number of hydrogen-bond acceptors (Lipinski definition) is 5. The lowest BCUT2D eigenvalue weighted by Gasteiger charge is -2.26. The average molecular weight is 383 g/mol. The van der Waals surface area contributed by atoms with Gasteiger partial charge in [-0.1, -0.05) is 24.3 Å². The first-order valence-electron chi connectivity index (χ1n) is 9.19. The van der Waals surface area contributed by atoms with E-state index in [2.05, 4.69) is 37.3 Å². The van der Waals surface area contributed by atoms with Crippen molar-refractivity contribution in [2.45, 2.75) is 19.4 Å². The summed E-state index contributed by atoms with van der Waals surface area (Å²) in [5, 5.41) is 2.65. The molecular weight excluding hydrogens is 358 g/mol. The third-order valence-electron chi connectivity index (χ3n) is 4.35. The maximum Gasteiger partial charge on any atom is 0.344 e. The summed E-state index contributed by atoms with van der Waals surface area (Å²) in [6.45, 7) is 3.44. The van der Waals surface area contributed by atoms with Crippen LogP contribution in [0, 0.1) is 0 Å². The molecule has 2 heterocycles. The van der Waals surface area contributed by atoms with Crippen LogP contribution >= 0.6 is 0 Å². The Labute approximate surface area is 163 Å². The molecule has 1 aromatic heterocycles. The Morgan fingerprint density at radius 3 is 2.50 bits per heavy atom. The van der Waals surface area contributed by atoms with Crippen molar-refractivity contribution in [1.29, 1.82) is 0 Å². The minimum Gasteiger partial charge on any atom is -0.378 e. The fourth-order valence-electron chi connectivity index (χ4n) is 2.92. The van der Waals surface area contributed by atoms with E-state index in [1.807, 2.05) is 24.5 Å². The minimum absolute atomic E-state index is 0.256. The summed E-state index contributed by atoms with van der Waals surface area (Å²) in [5.41, 5.74) is 13.6. The van der Waals surface area contributed by atoms with E-state index in [0.29, 0.717) is 19.8 Å². The maximum atomic E-state index is 11.5. The quantitative estimate of drug-likeness (QED) is 0.491. The molecule has 1 aromatic carbocycles. The fraction of sp³-hybridized carbons (Fsp3) is 0.368. The van der Waals surface area contributed by atoms with E-state index >= 15 is 0 Å². The van der Waals surface area contributed by atoms with Gasteiger partial charge < -0.3 is 26.4 Å². The molecule has 9 nitrogen and oxygen atoms in total. The van der Waals surface area contributed by atoms with Crippen molar-refractivity contribution in [3.05, 3.63) is 53.3 Å². The molecule has 0 unspecified atom stereocenters. The van der Waals surface area contributed by atoms with Gasteiger partial charge in [-0.2, -0.15) is 4.99 Å². The predicted molar refractivity (Wildman–Crippen MR) is 107 cm³/mol. The molecule has 0 radical (unpaired) electrons. The molecule has 3 rings (SSSR count). The smallest absolute Gasteiger partial charge is 0.344 e. The number of aliphatic imine (C=N–C) groups is 1.